The van der Waals surface area contributed by atoms with Crippen LogP contribution in [0.4, 0.5) is 0 Å². The standard InChI is InChI=1S/C12H18N4O2/c1-15(8-14-13)6-5-9-3-4-11-10(7-9)16(2)12(17)18-11/h3-4,7,14H,5-6,8,13H2,1-2H3. The van der Waals surface area contributed by atoms with Crippen molar-refractivity contribution in [2.75, 3.05) is 20.3 Å². The van der Waals surface area contributed by atoms with Crippen molar-refractivity contribution in [1.29, 1.82) is 0 Å². The largest absolute Gasteiger partial charge is 0.419 e. The molecule has 18 heavy (non-hydrogen) atoms. The number of rotatable bonds is 5. The Hall–Kier alpha value is -1.63. The van der Waals surface area contributed by atoms with Gasteiger partial charge in [0, 0.05) is 13.6 Å². The molecule has 0 aliphatic carbocycles. The Labute approximate surface area is 105 Å². The third-order valence-electron chi connectivity index (χ3n) is 3.00. The lowest BCUT2D eigenvalue weighted by molar-refractivity contribution is 0.313. The molecule has 6 nitrogen and oxygen atoms in total. The van der Waals surface area contributed by atoms with Crippen molar-refractivity contribution in [2.24, 2.45) is 12.9 Å². The Morgan fingerprint density at radius 2 is 2.28 bits per heavy atom. The normalized spacial score (nSPS) is 11.6. The third-order valence-corrected chi connectivity index (χ3v) is 3.00. The molecule has 2 aromatic rings. The zero-order valence-electron chi connectivity index (χ0n) is 10.6. The molecular weight excluding hydrogens is 232 g/mol. The number of fused-ring (bicyclic) bond motifs is 1. The average Bonchev–Trinajstić information content (AvgIpc) is 2.63. The number of nitrogens with one attached hydrogen (secondary N) is 1. The Balaban J connectivity index is 2.15. The molecule has 0 aliphatic heterocycles. The zero-order chi connectivity index (χ0) is 13.1. The number of aryl methyl sites for hydroxylation is 1. The fourth-order valence-corrected chi connectivity index (χ4v) is 1.88. The van der Waals surface area contributed by atoms with Crippen LogP contribution in [0.2, 0.25) is 0 Å². The van der Waals surface area contributed by atoms with E-state index in [9.17, 15) is 4.79 Å². The van der Waals surface area contributed by atoms with E-state index >= 15 is 0 Å². The van der Waals surface area contributed by atoms with E-state index in [1.54, 1.807) is 7.05 Å². The molecule has 0 saturated heterocycles. The highest BCUT2D eigenvalue weighted by atomic mass is 16.4. The van der Waals surface area contributed by atoms with Crippen LogP contribution >= 0.6 is 0 Å². The van der Waals surface area contributed by atoms with E-state index in [0.29, 0.717) is 12.3 Å². The summed E-state index contributed by atoms with van der Waals surface area (Å²) >= 11 is 0. The number of nitrogens with zero attached hydrogens (tertiary/aromatic N) is 2. The number of hydrogen-bond acceptors (Lipinski definition) is 5. The van der Waals surface area contributed by atoms with E-state index < -0.39 is 0 Å². The molecule has 0 atom stereocenters. The third kappa shape index (κ3) is 2.61. The van der Waals surface area contributed by atoms with Crippen LogP contribution in [0, 0.1) is 0 Å². The minimum atomic E-state index is -0.327. The number of oxazole rings is 1. The SMILES string of the molecule is CN(CCc1ccc2oc(=O)n(C)c2c1)CNN. The predicted octanol–water partition coefficient (Wildman–Crippen LogP) is 0.0266. The van der Waals surface area contributed by atoms with Gasteiger partial charge in [0.2, 0.25) is 0 Å². The maximum absolute atomic E-state index is 11.4. The summed E-state index contributed by atoms with van der Waals surface area (Å²) in [5, 5.41) is 0. The first-order valence-corrected chi connectivity index (χ1v) is 5.82. The minimum Gasteiger partial charge on any atom is -0.408 e. The van der Waals surface area contributed by atoms with Crippen molar-refractivity contribution in [3.8, 4) is 0 Å². The summed E-state index contributed by atoms with van der Waals surface area (Å²) in [6.45, 7) is 1.54. The van der Waals surface area contributed by atoms with Crippen molar-refractivity contribution in [3.63, 3.8) is 0 Å². The number of hydrogen-bond donors (Lipinski definition) is 2. The van der Waals surface area contributed by atoms with Crippen LogP contribution < -0.4 is 17.0 Å². The summed E-state index contributed by atoms with van der Waals surface area (Å²) in [5.41, 5.74) is 5.24. The Bertz CT molecular complexity index is 587. The smallest absolute Gasteiger partial charge is 0.408 e. The molecule has 1 heterocycles. The highest BCUT2D eigenvalue weighted by Gasteiger charge is 2.06. The van der Waals surface area contributed by atoms with Gasteiger partial charge < -0.3 is 4.42 Å². The van der Waals surface area contributed by atoms with Crippen molar-refractivity contribution < 1.29 is 4.42 Å². The molecule has 1 aromatic heterocycles. The average molecular weight is 250 g/mol. The van der Waals surface area contributed by atoms with E-state index in [2.05, 4.69) is 10.3 Å². The van der Waals surface area contributed by atoms with Gasteiger partial charge in [0.25, 0.3) is 0 Å². The quantitative estimate of drug-likeness (QED) is 0.445. The second-order valence-corrected chi connectivity index (χ2v) is 4.42. The Morgan fingerprint density at radius 3 is 3.00 bits per heavy atom. The molecule has 0 spiro atoms. The molecule has 3 N–H and O–H groups in total. The fourth-order valence-electron chi connectivity index (χ4n) is 1.88. The summed E-state index contributed by atoms with van der Waals surface area (Å²) in [6, 6.07) is 5.81. The van der Waals surface area contributed by atoms with Crippen LogP contribution in [0.15, 0.2) is 27.4 Å². The van der Waals surface area contributed by atoms with Crippen LogP contribution in [0.3, 0.4) is 0 Å². The molecule has 0 aliphatic rings. The number of aromatic nitrogens is 1. The van der Waals surface area contributed by atoms with E-state index in [0.717, 1.165) is 18.5 Å². The van der Waals surface area contributed by atoms with Gasteiger partial charge in [-0.25, -0.2) is 10.2 Å². The Kier molecular flexibility index (Phi) is 3.81. The summed E-state index contributed by atoms with van der Waals surface area (Å²) < 4.78 is 6.61. The molecule has 98 valence electrons. The highest BCUT2D eigenvalue weighted by Crippen LogP contribution is 2.14. The lowest BCUT2D eigenvalue weighted by Gasteiger charge is -2.15. The van der Waals surface area contributed by atoms with Gasteiger partial charge in [0.1, 0.15) is 0 Å². The van der Waals surface area contributed by atoms with Crippen LogP contribution in [0.1, 0.15) is 5.56 Å². The van der Waals surface area contributed by atoms with Gasteiger partial charge in [0.15, 0.2) is 5.58 Å². The molecule has 0 saturated carbocycles. The van der Waals surface area contributed by atoms with Crippen LogP contribution in [0.25, 0.3) is 11.1 Å². The molecule has 0 fully saturated rings. The summed E-state index contributed by atoms with van der Waals surface area (Å²) in [7, 11) is 3.70. The van der Waals surface area contributed by atoms with Gasteiger partial charge in [-0.05, 0) is 31.2 Å². The van der Waals surface area contributed by atoms with E-state index in [-0.39, 0.29) is 5.76 Å². The lowest BCUT2D eigenvalue weighted by atomic mass is 10.1. The van der Waals surface area contributed by atoms with Crippen molar-refractivity contribution >= 4 is 11.1 Å². The van der Waals surface area contributed by atoms with Crippen molar-refractivity contribution in [1.82, 2.24) is 14.9 Å². The van der Waals surface area contributed by atoms with Gasteiger partial charge in [0.05, 0.1) is 12.2 Å². The molecule has 6 heteroatoms. The predicted molar refractivity (Wildman–Crippen MR) is 70.0 cm³/mol. The molecule has 0 unspecified atom stereocenters. The van der Waals surface area contributed by atoms with Crippen LogP contribution in [-0.4, -0.2) is 29.7 Å². The minimum absolute atomic E-state index is 0.327. The maximum atomic E-state index is 11.4. The first kappa shape index (κ1) is 12.8. The van der Waals surface area contributed by atoms with Crippen molar-refractivity contribution in [3.05, 3.63) is 34.3 Å². The van der Waals surface area contributed by atoms with Crippen molar-refractivity contribution in [2.45, 2.75) is 6.42 Å². The second-order valence-electron chi connectivity index (χ2n) is 4.42. The number of nitrogens with two attached hydrogens (primary N) is 1. The molecule has 2 rings (SSSR count). The topological polar surface area (TPSA) is 76.4 Å². The lowest BCUT2D eigenvalue weighted by Crippen LogP contribution is -2.36. The fraction of sp³-hybridized carbons (Fsp3) is 0.417. The van der Waals surface area contributed by atoms with E-state index in [4.69, 9.17) is 10.3 Å². The highest BCUT2D eigenvalue weighted by molar-refractivity contribution is 5.73. The number of hydrazine groups is 1. The Morgan fingerprint density at radius 1 is 1.50 bits per heavy atom. The van der Waals surface area contributed by atoms with Gasteiger partial charge in [-0.2, -0.15) is 0 Å². The maximum Gasteiger partial charge on any atom is 0.419 e. The molecule has 0 amide bonds. The van der Waals surface area contributed by atoms with Gasteiger partial charge in [-0.1, -0.05) is 6.07 Å². The van der Waals surface area contributed by atoms with Crippen LogP contribution in [0.5, 0.6) is 0 Å². The first-order valence-electron chi connectivity index (χ1n) is 5.82. The summed E-state index contributed by atoms with van der Waals surface area (Å²) in [4.78, 5) is 13.4. The second kappa shape index (κ2) is 5.34. The number of benzene rings is 1. The molecular formula is C12H18N4O2. The van der Waals surface area contributed by atoms with Gasteiger partial charge in [-0.15, -0.1) is 0 Å². The summed E-state index contributed by atoms with van der Waals surface area (Å²) in [6.07, 6.45) is 0.896. The number of likely N-dealkylation sites (N-methyl/N-ethyl adjacent to an activating group) is 1. The van der Waals surface area contributed by atoms with E-state index in [1.807, 2.05) is 25.2 Å². The van der Waals surface area contributed by atoms with Crippen LogP contribution in [-0.2, 0) is 13.5 Å². The molecule has 1 aromatic carbocycles. The monoisotopic (exact) mass is 250 g/mol. The summed E-state index contributed by atoms with van der Waals surface area (Å²) in [5.74, 6) is 4.93. The molecule has 0 bridgehead atoms. The first-order chi connectivity index (χ1) is 8.61. The van der Waals surface area contributed by atoms with Gasteiger partial charge >= 0.3 is 5.76 Å². The zero-order valence-corrected chi connectivity index (χ0v) is 10.6. The van der Waals surface area contributed by atoms with E-state index in [1.165, 1.54) is 10.1 Å². The van der Waals surface area contributed by atoms with Gasteiger partial charge in [-0.3, -0.25) is 15.3 Å². The molecule has 0 radical (unpaired) electrons.